The van der Waals surface area contributed by atoms with Crippen LogP contribution >= 0.6 is 0 Å². The van der Waals surface area contributed by atoms with Gasteiger partial charge in [0.25, 0.3) is 0 Å². The van der Waals surface area contributed by atoms with Crippen LogP contribution in [0.1, 0.15) is 64.7 Å². The van der Waals surface area contributed by atoms with Crippen molar-refractivity contribution in [2.75, 3.05) is 0 Å². The van der Waals surface area contributed by atoms with E-state index in [-0.39, 0.29) is 24.5 Å². The lowest BCUT2D eigenvalue weighted by molar-refractivity contribution is -0.137. The number of aliphatic hydroxyl groups is 2. The number of hydrogen-bond acceptors (Lipinski definition) is 3. The standard InChI is InChI=1S/C19H32O4/c1-2-8-16(20)13-11-15-12-14-18(21)17(15)9-6-4-3-5-7-10-19(22)23/h4,6,11,13,15-18,20-21H,2-3,5,7-10,12,14H2,1H3,(H,22,23)/b6-4+,13-11+. The van der Waals surface area contributed by atoms with Crippen LogP contribution in [0.2, 0.25) is 0 Å². The first-order valence-electron chi connectivity index (χ1n) is 8.95. The van der Waals surface area contributed by atoms with Crippen molar-refractivity contribution in [2.45, 2.75) is 76.9 Å². The second kappa shape index (κ2) is 11.4. The molecule has 0 aromatic carbocycles. The van der Waals surface area contributed by atoms with E-state index in [0.717, 1.165) is 44.9 Å². The molecule has 3 N–H and O–H groups in total. The Bertz CT molecular complexity index is 389. The first-order valence-corrected chi connectivity index (χ1v) is 8.95. The predicted octanol–water partition coefficient (Wildman–Crippen LogP) is 3.68. The maximum atomic E-state index is 10.4. The Morgan fingerprint density at radius 3 is 2.74 bits per heavy atom. The van der Waals surface area contributed by atoms with Crippen LogP contribution in [0.4, 0.5) is 0 Å². The summed E-state index contributed by atoms with van der Waals surface area (Å²) in [7, 11) is 0. The van der Waals surface area contributed by atoms with Gasteiger partial charge in [0.2, 0.25) is 0 Å². The number of allylic oxidation sites excluding steroid dienone is 3. The Hall–Kier alpha value is -1.13. The molecule has 0 bridgehead atoms. The molecule has 132 valence electrons. The smallest absolute Gasteiger partial charge is 0.303 e. The molecule has 4 unspecified atom stereocenters. The molecule has 0 aromatic rings. The number of carbonyl (C=O) groups is 1. The lowest BCUT2D eigenvalue weighted by Gasteiger charge is -2.18. The molecule has 4 nitrogen and oxygen atoms in total. The van der Waals surface area contributed by atoms with Gasteiger partial charge in [-0.2, -0.15) is 0 Å². The lowest BCUT2D eigenvalue weighted by Crippen LogP contribution is -2.17. The summed E-state index contributed by atoms with van der Waals surface area (Å²) in [5.41, 5.74) is 0. The van der Waals surface area contributed by atoms with Crippen molar-refractivity contribution in [3.8, 4) is 0 Å². The zero-order valence-electron chi connectivity index (χ0n) is 14.2. The van der Waals surface area contributed by atoms with Gasteiger partial charge in [-0.3, -0.25) is 4.79 Å². The predicted molar refractivity (Wildman–Crippen MR) is 92.1 cm³/mol. The van der Waals surface area contributed by atoms with Crippen LogP contribution < -0.4 is 0 Å². The monoisotopic (exact) mass is 324 g/mol. The van der Waals surface area contributed by atoms with E-state index in [1.807, 2.05) is 6.08 Å². The Balaban J connectivity index is 2.32. The number of aliphatic hydroxyl groups excluding tert-OH is 2. The van der Waals surface area contributed by atoms with E-state index in [9.17, 15) is 15.0 Å². The van der Waals surface area contributed by atoms with Crippen molar-refractivity contribution in [3.05, 3.63) is 24.3 Å². The van der Waals surface area contributed by atoms with Gasteiger partial charge in [0.15, 0.2) is 0 Å². The van der Waals surface area contributed by atoms with Crippen LogP contribution in [0, 0.1) is 11.8 Å². The highest BCUT2D eigenvalue weighted by Gasteiger charge is 2.32. The van der Waals surface area contributed by atoms with Crippen LogP contribution in [0.25, 0.3) is 0 Å². The van der Waals surface area contributed by atoms with Gasteiger partial charge >= 0.3 is 5.97 Å². The van der Waals surface area contributed by atoms with Gasteiger partial charge in [0, 0.05) is 6.42 Å². The van der Waals surface area contributed by atoms with Crippen molar-refractivity contribution in [1.29, 1.82) is 0 Å². The van der Waals surface area contributed by atoms with Crippen molar-refractivity contribution >= 4 is 5.97 Å². The fraction of sp³-hybridized carbons (Fsp3) is 0.737. The van der Waals surface area contributed by atoms with Gasteiger partial charge in [-0.1, -0.05) is 37.6 Å². The Kier molecular flexibility index (Phi) is 9.88. The van der Waals surface area contributed by atoms with Gasteiger partial charge in [-0.05, 0) is 56.8 Å². The maximum Gasteiger partial charge on any atom is 0.303 e. The molecular weight excluding hydrogens is 292 g/mol. The van der Waals surface area contributed by atoms with E-state index in [4.69, 9.17) is 5.11 Å². The summed E-state index contributed by atoms with van der Waals surface area (Å²) in [6.07, 6.45) is 14.7. The van der Waals surface area contributed by atoms with E-state index < -0.39 is 5.97 Å². The minimum atomic E-state index is -0.733. The topological polar surface area (TPSA) is 77.8 Å². The Labute approximate surface area is 139 Å². The Morgan fingerprint density at radius 1 is 1.26 bits per heavy atom. The number of hydrogen-bond donors (Lipinski definition) is 3. The van der Waals surface area contributed by atoms with Crippen molar-refractivity contribution in [2.24, 2.45) is 11.8 Å². The zero-order valence-corrected chi connectivity index (χ0v) is 14.2. The average Bonchev–Trinajstić information content (AvgIpc) is 2.85. The second-order valence-electron chi connectivity index (χ2n) is 6.56. The third kappa shape index (κ3) is 8.33. The molecule has 0 heterocycles. The molecule has 4 atom stereocenters. The number of unbranched alkanes of at least 4 members (excludes halogenated alkanes) is 2. The number of carboxylic acids is 1. The van der Waals surface area contributed by atoms with E-state index in [2.05, 4.69) is 25.2 Å². The molecule has 0 saturated heterocycles. The number of aliphatic carboxylic acids is 1. The molecule has 4 heteroatoms. The highest BCUT2D eigenvalue weighted by molar-refractivity contribution is 5.66. The molecule has 0 spiro atoms. The van der Waals surface area contributed by atoms with Crippen molar-refractivity contribution < 1.29 is 20.1 Å². The second-order valence-corrected chi connectivity index (χ2v) is 6.56. The summed E-state index contributed by atoms with van der Waals surface area (Å²) in [5.74, 6) is -0.161. The molecule has 1 rings (SSSR count). The van der Waals surface area contributed by atoms with Crippen molar-refractivity contribution in [1.82, 2.24) is 0 Å². The van der Waals surface area contributed by atoms with E-state index in [0.29, 0.717) is 12.3 Å². The molecular formula is C19H32O4. The average molecular weight is 324 g/mol. The third-order valence-corrected chi connectivity index (χ3v) is 4.59. The number of carboxylic acid groups (broad SMARTS) is 1. The van der Waals surface area contributed by atoms with Gasteiger partial charge in [0.1, 0.15) is 0 Å². The molecule has 0 aliphatic heterocycles. The van der Waals surface area contributed by atoms with Gasteiger partial charge in [0.05, 0.1) is 12.2 Å². The van der Waals surface area contributed by atoms with E-state index >= 15 is 0 Å². The molecule has 1 fully saturated rings. The highest BCUT2D eigenvalue weighted by atomic mass is 16.4. The minimum Gasteiger partial charge on any atom is -0.481 e. The van der Waals surface area contributed by atoms with E-state index in [1.54, 1.807) is 0 Å². The summed E-state index contributed by atoms with van der Waals surface area (Å²) in [6, 6.07) is 0. The van der Waals surface area contributed by atoms with Gasteiger partial charge in [-0.15, -0.1) is 0 Å². The SMILES string of the molecule is CCCC(O)/C=C/C1CCC(O)C1C/C=C/CCCCC(=O)O. The van der Waals surface area contributed by atoms with Crippen LogP contribution in [-0.4, -0.2) is 33.5 Å². The number of rotatable bonds is 11. The lowest BCUT2D eigenvalue weighted by atomic mass is 9.90. The van der Waals surface area contributed by atoms with Crippen LogP contribution in [0.15, 0.2) is 24.3 Å². The summed E-state index contributed by atoms with van der Waals surface area (Å²) in [4.78, 5) is 10.4. The summed E-state index contributed by atoms with van der Waals surface area (Å²) < 4.78 is 0. The summed E-state index contributed by atoms with van der Waals surface area (Å²) in [6.45, 7) is 2.06. The largest absolute Gasteiger partial charge is 0.481 e. The fourth-order valence-electron chi connectivity index (χ4n) is 3.22. The van der Waals surface area contributed by atoms with Crippen molar-refractivity contribution in [3.63, 3.8) is 0 Å². The van der Waals surface area contributed by atoms with Crippen LogP contribution in [0.5, 0.6) is 0 Å². The zero-order chi connectivity index (χ0) is 17.1. The van der Waals surface area contributed by atoms with Crippen LogP contribution in [-0.2, 0) is 4.79 Å². The quantitative estimate of drug-likeness (QED) is 0.400. The molecule has 23 heavy (non-hydrogen) atoms. The van der Waals surface area contributed by atoms with Gasteiger partial charge < -0.3 is 15.3 Å². The molecule has 1 aliphatic rings. The third-order valence-electron chi connectivity index (χ3n) is 4.59. The normalized spacial score (nSPS) is 26.3. The fourth-order valence-corrected chi connectivity index (χ4v) is 3.22. The highest BCUT2D eigenvalue weighted by Crippen LogP contribution is 2.36. The maximum absolute atomic E-state index is 10.4. The van der Waals surface area contributed by atoms with E-state index in [1.165, 1.54) is 0 Å². The minimum absolute atomic E-state index is 0.232. The molecule has 0 aromatic heterocycles. The molecule has 0 amide bonds. The molecule has 0 radical (unpaired) electrons. The van der Waals surface area contributed by atoms with Crippen LogP contribution in [0.3, 0.4) is 0 Å². The molecule has 1 aliphatic carbocycles. The first-order chi connectivity index (χ1) is 11.0. The Morgan fingerprint density at radius 2 is 2.04 bits per heavy atom. The molecule has 1 saturated carbocycles. The van der Waals surface area contributed by atoms with Gasteiger partial charge in [-0.25, -0.2) is 0 Å². The summed E-state index contributed by atoms with van der Waals surface area (Å²) >= 11 is 0. The summed E-state index contributed by atoms with van der Waals surface area (Å²) in [5, 5.41) is 28.5. The first kappa shape index (κ1) is 19.9.